The second-order valence-electron chi connectivity index (χ2n) is 3.91. The first-order valence-electron chi connectivity index (χ1n) is 5.64. The van der Waals surface area contributed by atoms with Gasteiger partial charge in [0.05, 0.1) is 24.0 Å². The van der Waals surface area contributed by atoms with Crippen molar-refractivity contribution in [1.82, 2.24) is 20.0 Å². The van der Waals surface area contributed by atoms with E-state index in [4.69, 9.17) is 9.68 Å². The van der Waals surface area contributed by atoms with Crippen molar-refractivity contribution >= 4 is 0 Å². The van der Waals surface area contributed by atoms with Gasteiger partial charge in [0.15, 0.2) is 5.76 Å². The van der Waals surface area contributed by atoms with Gasteiger partial charge in [0.2, 0.25) is 5.89 Å². The molecule has 92 valence electrons. The third-order valence-corrected chi connectivity index (χ3v) is 2.62. The van der Waals surface area contributed by atoms with Crippen molar-refractivity contribution in [3.05, 3.63) is 54.3 Å². The maximum atomic E-state index is 8.75. The van der Waals surface area contributed by atoms with E-state index in [1.807, 2.05) is 12.1 Å². The zero-order chi connectivity index (χ0) is 13.1. The van der Waals surface area contributed by atoms with Crippen molar-refractivity contribution in [2.75, 3.05) is 0 Å². The third kappa shape index (κ3) is 2.35. The summed E-state index contributed by atoms with van der Waals surface area (Å²) in [4.78, 5) is 4.19. The highest BCUT2D eigenvalue weighted by molar-refractivity contribution is 5.57. The van der Waals surface area contributed by atoms with E-state index in [0.29, 0.717) is 23.8 Å². The lowest BCUT2D eigenvalue weighted by Crippen LogP contribution is -2.00. The Hall–Kier alpha value is -2.94. The molecular formula is C13H9N5O. The third-order valence-electron chi connectivity index (χ3n) is 2.62. The number of nitrogens with zero attached hydrogens (tertiary/aromatic N) is 5. The number of rotatable bonds is 3. The number of hydrogen-bond acceptors (Lipinski definition) is 5. The molecule has 3 aromatic rings. The van der Waals surface area contributed by atoms with E-state index in [1.54, 1.807) is 35.4 Å². The molecule has 6 nitrogen and oxygen atoms in total. The second-order valence-corrected chi connectivity index (χ2v) is 3.91. The number of benzene rings is 1. The summed E-state index contributed by atoms with van der Waals surface area (Å²) in [5.41, 5.74) is 1.50. The largest absolute Gasteiger partial charge is 0.439 e. The first-order valence-corrected chi connectivity index (χ1v) is 5.64. The molecule has 19 heavy (non-hydrogen) atoms. The maximum Gasteiger partial charge on any atom is 0.216 e. The van der Waals surface area contributed by atoms with Crippen LogP contribution < -0.4 is 0 Å². The summed E-state index contributed by atoms with van der Waals surface area (Å²) in [6.07, 6.45) is 5.00. The van der Waals surface area contributed by atoms with Gasteiger partial charge in [-0.2, -0.15) is 5.26 Å². The molecule has 2 aromatic heterocycles. The number of aromatic nitrogens is 4. The molecule has 0 atom stereocenters. The van der Waals surface area contributed by atoms with Crippen LogP contribution in [-0.2, 0) is 6.54 Å². The highest BCUT2D eigenvalue weighted by Crippen LogP contribution is 2.20. The first kappa shape index (κ1) is 11.2. The SMILES string of the molecule is N#Cc1ccc(-c2cnc(Cn3ccnn3)o2)cc1. The molecule has 0 N–H and O–H groups in total. The van der Waals surface area contributed by atoms with Crippen LogP contribution in [0, 0.1) is 11.3 Å². The zero-order valence-corrected chi connectivity index (χ0v) is 9.89. The molecule has 1 aromatic carbocycles. The standard InChI is InChI=1S/C13H9N5O/c14-7-10-1-3-11(4-2-10)12-8-15-13(19-12)9-18-6-5-16-17-18/h1-6,8H,9H2. The van der Waals surface area contributed by atoms with Crippen LogP contribution in [0.2, 0.25) is 0 Å². The molecule has 0 aliphatic rings. The molecule has 0 aliphatic heterocycles. The van der Waals surface area contributed by atoms with Gasteiger partial charge in [-0.15, -0.1) is 5.10 Å². The summed E-state index contributed by atoms with van der Waals surface area (Å²) >= 11 is 0. The molecule has 6 heteroatoms. The van der Waals surface area contributed by atoms with E-state index in [2.05, 4.69) is 21.4 Å². The fraction of sp³-hybridized carbons (Fsp3) is 0.0769. The van der Waals surface area contributed by atoms with Gasteiger partial charge in [-0.3, -0.25) is 0 Å². The van der Waals surface area contributed by atoms with E-state index >= 15 is 0 Å². The minimum atomic E-state index is 0.441. The van der Waals surface area contributed by atoms with Crippen LogP contribution in [0.4, 0.5) is 0 Å². The zero-order valence-electron chi connectivity index (χ0n) is 9.89. The Morgan fingerprint density at radius 1 is 1.26 bits per heavy atom. The fourth-order valence-corrected chi connectivity index (χ4v) is 1.68. The summed E-state index contributed by atoms with van der Waals surface area (Å²) in [5.74, 6) is 1.23. The predicted octanol–water partition coefficient (Wildman–Crippen LogP) is 1.85. The van der Waals surface area contributed by atoms with Crippen molar-refractivity contribution in [3.8, 4) is 17.4 Å². The van der Waals surface area contributed by atoms with Gasteiger partial charge in [0, 0.05) is 11.8 Å². The van der Waals surface area contributed by atoms with Crippen LogP contribution in [-0.4, -0.2) is 20.0 Å². The van der Waals surface area contributed by atoms with Gasteiger partial charge in [0.25, 0.3) is 0 Å². The van der Waals surface area contributed by atoms with Crippen LogP contribution in [0.15, 0.2) is 47.3 Å². The normalized spacial score (nSPS) is 10.3. The summed E-state index contributed by atoms with van der Waals surface area (Å²) in [6.45, 7) is 0.441. The van der Waals surface area contributed by atoms with E-state index < -0.39 is 0 Å². The Balaban J connectivity index is 1.82. The Bertz CT molecular complexity index is 706. The predicted molar refractivity (Wildman–Crippen MR) is 65.8 cm³/mol. The molecule has 0 spiro atoms. The van der Waals surface area contributed by atoms with E-state index in [-0.39, 0.29) is 0 Å². The summed E-state index contributed by atoms with van der Waals surface area (Å²) in [5, 5.41) is 16.3. The van der Waals surface area contributed by atoms with Gasteiger partial charge < -0.3 is 4.42 Å². The van der Waals surface area contributed by atoms with Crippen LogP contribution in [0.1, 0.15) is 11.5 Å². The van der Waals surface area contributed by atoms with Gasteiger partial charge in [-0.05, 0) is 24.3 Å². The van der Waals surface area contributed by atoms with Crippen molar-refractivity contribution in [3.63, 3.8) is 0 Å². The highest BCUT2D eigenvalue weighted by atomic mass is 16.4. The summed E-state index contributed by atoms with van der Waals surface area (Å²) in [7, 11) is 0. The smallest absolute Gasteiger partial charge is 0.216 e. The molecule has 0 saturated heterocycles. The molecule has 0 bridgehead atoms. The van der Waals surface area contributed by atoms with Crippen LogP contribution in [0.5, 0.6) is 0 Å². The average molecular weight is 251 g/mol. The molecule has 0 fully saturated rings. The molecule has 3 rings (SSSR count). The Morgan fingerprint density at radius 3 is 2.79 bits per heavy atom. The average Bonchev–Trinajstić information content (AvgIpc) is 3.11. The molecule has 0 radical (unpaired) electrons. The molecule has 0 amide bonds. The maximum absolute atomic E-state index is 8.75. The molecule has 2 heterocycles. The highest BCUT2D eigenvalue weighted by Gasteiger charge is 2.07. The minimum Gasteiger partial charge on any atom is -0.439 e. The molecule has 0 unspecified atom stereocenters. The summed E-state index contributed by atoms with van der Waals surface area (Å²) in [6, 6.07) is 9.23. The van der Waals surface area contributed by atoms with E-state index in [9.17, 15) is 0 Å². The van der Waals surface area contributed by atoms with Crippen LogP contribution in [0.3, 0.4) is 0 Å². The number of oxazole rings is 1. The molecular weight excluding hydrogens is 242 g/mol. The van der Waals surface area contributed by atoms with Crippen molar-refractivity contribution in [2.24, 2.45) is 0 Å². The monoisotopic (exact) mass is 251 g/mol. The summed E-state index contributed by atoms with van der Waals surface area (Å²) < 4.78 is 7.27. The van der Waals surface area contributed by atoms with Crippen molar-refractivity contribution in [2.45, 2.75) is 6.54 Å². The van der Waals surface area contributed by atoms with Crippen molar-refractivity contribution < 1.29 is 4.42 Å². The minimum absolute atomic E-state index is 0.441. The molecule has 0 aliphatic carbocycles. The van der Waals surface area contributed by atoms with Crippen LogP contribution in [0.25, 0.3) is 11.3 Å². The van der Waals surface area contributed by atoms with Gasteiger partial charge in [-0.1, -0.05) is 5.21 Å². The topological polar surface area (TPSA) is 80.5 Å². The lowest BCUT2D eigenvalue weighted by molar-refractivity contribution is 0.469. The van der Waals surface area contributed by atoms with Gasteiger partial charge in [0.1, 0.15) is 6.54 Å². The van der Waals surface area contributed by atoms with E-state index in [1.165, 1.54) is 0 Å². The lowest BCUT2D eigenvalue weighted by atomic mass is 10.1. The molecule has 0 saturated carbocycles. The Morgan fingerprint density at radius 2 is 2.11 bits per heavy atom. The number of nitriles is 1. The van der Waals surface area contributed by atoms with Gasteiger partial charge in [-0.25, -0.2) is 9.67 Å². The second kappa shape index (κ2) is 4.74. The van der Waals surface area contributed by atoms with E-state index in [0.717, 1.165) is 5.56 Å². The number of hydrogen-bond donors (Lipinski definition) is 0. The Labute approximate surface area is 108 Å². The lowest BCUT2D eigenvalue weighted by Gasteiger charge is -1.96. The van der Waals surface area contributed by atoms with Gasteiger partial charge >= 0.3 is 0 Å². The van der Waals surface area contributed by atoms with Crippen molar-refractivity contribution in [1.29, 1.82) is 5.26 Å². The quantitative estimate of drug-likeness (QED) is 0.709. The Kier molecular flexibility index (Phi) is 2.79. The first-order chi connectivity index (χ1) is 9.35. The fourth-order valence-electron chi connectivity index (χ4n) is 1.68. The van der Waals surface area contributed by atoms with Crippen LogP contribution >= 0.6 is 0 Å².